The van der Waals surface area contributed by atoms with Crippen LogP contribution in [-0.2, 0) is 0 Å². The first-order chi connectivity index (χ1) is 6.25. The number of nitrogens with one attached hydrogen (secondary N) is 1. The third-order valence-corrected chi connectivity index (χ3v) is 2.92. The van der Waals surface area contributed by atoms with Gasteiger partial charge >= 0.3 is 0 Å². The number of hydrogen-bond donors (Lipinski definition) is 1. The van der Waals surface area contributed by atoms with E-state index in [9.17, 15) is 0 Å². The summed E-state index contributed by atoms with van der Waals surface area (Å²) < 4.78 is 0.531. The second-order valence-electron chi connectivity index (χ2n) is 2.70. The molecule has 0 bridgehead atoms. The van der Waals surface area contributed by atoms with E-state index >= 15 is 0 Å². The Hall–Kier alpha value is -1.00. The molecule has 0 aliphatic heterocycles. The molecular weight excluding hydrogens is 200 g/mol. The van der Waals surface area contributed by atoms with E-state index < -0.39 is 0 Å². The fourth-order valence-corrected chi connectivity index (χ4v) is 2.11. The molecule has 0 fully saturated rings. The van der Waals surface area contributed by atoms with Gasteiger partial charge in [0, 0.05) is 11.1 Å². The van der Waals surface area contributed by atoms with E-state index in [1.165, 1.54) is 9.75 Å². The Balaban J connectivity index is 2.52. The molecule has 0 saturated heterocycles. The number of thiophene rings is 1. The van der Waals surface area contributed by atoms with E-state index in [4.69, 9.17) is 12.2 Å². The van der Waals surface area contributed by atoms with Crippen molar-refractivity contribution in [1.82, 2.24) is 9.97 Å². The van der Waals surface area contributed by atoms with Gasteiger partial charge in [0.15, 0.2) is 4.77 Å². The highest BCUT2D eigenvalue weighted by Crippen LogP contribution is 2.25. The maximum atomic E-state index is 4.94. The molecule has 0 spiro atoms. The minimum absolute atomic E-state index is 0.531. The summed E-state index contributed by atoms with van der Waals surface area (Å²) in [6.07, 6.45) is 1.73. The molecule has 0 aromatic carbocycles. The summed E-state index contributed by atoms with van der Waals surface area (Å²) in [4.78, 5) is 9.48. The van der Waals surface area contributed by atoms with Gasteiger partial charge in [-0.15, -0.1) is 11.3 Å². The van der Waals surface area contributed by atoms with Crippen LogP contribution in [0.15, 0.2) is 24.4 Å². The van der Waals surface area contributed by atoms with Gasteiger partial charge in [0.25, 0.3) is 0 Å². The fraction of sp³-hybridized carbons (Fsp3) is 0.111. The third kappa shape index (κ3) is 1.84. The highest BCUT2D eigenvalue weighted by Gasteiger charge is 1.99. The number of rotatable bonds is 1. The highest BCUT2D eigenvalue weighted by molar-refractivity contribution is 7.71. The Labute approximate surface area is 85.3 Å². The second kappa shape index (κ2) is 3.40. The van der Waals surface area contributed by atoms with Crippen LogP contribution in [0.2, 0.25) is 0 Å². The topological polar surface area (TPSA) is 28.7 Å². The summed E-state index contributed by atoms with van der Waals surface area (Å²) in [6.45, 7) is 2.09. The van der Waals surface area contributed by atoms with Crippen LogP contribution < -0.4 is 0 Å². The second-order valence-corrected chi connectivity index (χ2v) is 4.37. The molecule has 0 aliphatic rings. The molecule has 2 nitrogen and oxygen atoms in total. The lowest BCUT2D eigenvalue weighted by Gasteiger charge is -1.95. The molecule has 0 saturated carbocycles. The van der Waals surface area contributed by atoms with Gasteiger partial charge in [-0.25, -0.2) is 4.98 Å². The number of H-pyrrole nitrogens is 1. The molecule has 1 N–H and O–H groups in total. The predicted octanol–water partition coefficient (Wildman–Crippen LogP) is 3.18. The molecule has 2 aromatic heterocycles. The Morgan fingerprint density at radius 1 is 1.38 bits per heavy atom. The average molecular weight is 208 g/mol. The zero-order valence-electron chi connectivity index (χ0n) is 7.07. The van der Waals surface area contributed by atoms with E-state index in [0.717, 1.165) is 5.69 Å². The van der Waals surface area contributed by atoms with Crippen LogP contribution in [0.4, 0.5) is 0 Å². The molecule has 13 heavy (non-hydrogen) atoms. The van der Waals surface area contributed by atoms with Crippen molar-refractivity contribution in [2.45, 2.75) is 6.92 Å². The van der Waals surface area contributed by atoms with Gasteiger partial charge in [0.2, 0.25) is 0 Å². The van der Waals surface area contributed by atoms with Crippen molar-refractivity contribution in [3.8, 4) is 10.6 Å². The Bertz CT molecular complexity index is 470. The van der Waals surface area contributed by atoms with Crippen molar-refractivity contribution in [3.05, 3.63) is 34.0 Å². The number of hydrogen-bond acceptors (Lipinski definition) is 3. The van der Waals surface area contributed by atoms with Crippen molar-refractivity contribution < 1.29 is 0 Å². The first kappa shape index (κ1) is 8.59. The van der Waals surface area contributed by atoms with Crippen molar-refractivity contribution in [3.63, 3.8) is 0 Å². The molecule has 66 valence electrons. The molecular formula is C9H8N2S2. The number of nitrogens with zero attached hydrogens (tertiary/aromatic N) is 1. The summed E-state index contributed by atoms with van der Waals surface area (Å²) in [5, 5.41) is 0. The van der Waals surface area contributed by atoms with Crippen LogP contribution in [0, 0.1) is 11.7 Å². The van der Waals surface area contributed by atoms with Gasteiger partial charge in [-0.2, -0.15) is 0 Å². The van der Waals surface area contributed by atoms with E-state index in [0.29, 0.717) is 4.77 Å². The fourth-order valence-electron chi connectivity index (χ4n) is 1.09. The first-order valence-corrected chi connectivity index (χ1v) is 5.10. The molecule has 2 heterocycles. The third-order valence-electron chi connectivity index (χ3n) is 1.68. The van der Waals surface area contributed by atoms with Gasteiger partial charge in [0.1, 0.15) is 0 Å². The van der Waals surface area contributed by atoms with E-state index in [1.54, 1.807) is 17.5 Å². The SMILES string of the molecule is Cc1ccc(-c2ccnc(=S)[nH]2)s1. The largest absolute Gasteiger partial charge is 0.330 e. The predicted molar refractivity (Wildman–Crippen MR) is 57.5 cm³/mol. The van der Waals surface area contributed by atoms with Gasteiger partial charge in [-0.1, -0.05) is 0 Å². The first-order valence-electron chi connectivity index (χ1n) is 3.88. The standard InChI is InChI=1S/C9H8N2S2/c1-6-2-3-8(13-6)7-4-5-10-9(12)11-7/h2-5H,1H3,(H,10,11,12). The Kier molecular flexibility index (Phi) is 2.24. The van der Waals surface area contributed by atoms with Crippen molar-refractivity contribution in [2.24, 2.45) is 0 Å². The van der Waals surface area contributed by atoms with Crippen LogP contribution in [-0.4, -0.2) is 9.97 Å². The van der Waals surface area contributed by atoms with Crippen LogP contribution in [0.5, 0.6) is 0 Å². The molecule has 0 unspecified atom stereocenters. The lowest BCUT2D eigenvalue weighted by molar-refractivity contribution is 1.14. The van der Waals surface area contributed by atoms with Crippen LogP contribution >= 0.6 is 23.6 Å². The lowest BCUT2D eigenvalue weighted by Crippen LogP contribution is -1.82. The molecule has 0 amide bonds. The van der Waals surface area contributed by atoms with E-state index in [-0.39, 0.29) is 0 Å². The normalized spacial score (nSPS) is 10.2. The average Bonchev–Trinajstić information content (AvgIpc) is 2.52. The summed E-state index contributed by atoms with van der Waals surface area (Å²) >= 11 is 6.69. The number of aryl methyl sites for hydroxylation is 1. The quantitative estimate of drug-likeness (QED) is 0.729. The minimum Gasteiger partial charge on any atom is -0.330 e. The highest BCUT2D eigenvalue weighted by atomic mass is 32.1. The maximum absolute atomic E-state index is 4.94. The van der Waals surface area contributed by atoms with Gasteiger partial charge in [-0.3, -0.25) is 0 Å². The molecule has 0 aliphatic carbocycles. The Morgan fingerprint density at radius 3 is 2.85 bits per heavy atom. The summed E-state index contributed by atoms with van der Waals surface area (Å²) in [6, 6.07) is 6.11. The molecule has 0 atom stereocenters. The Morgan fingerprint density at radius 2 is 2.23 bits per heavy atom. The summed E-state index contributed by atoms with van der Waals surface area (Å²) in [5.74, 6) is 0. The zero-order valence-corrected chi connectivity index (χ0v) is 8.71. The minimum atomic E-state index is 0.531. The maximum Gasteiger partial charge on any atom is 0.197 e. The van der Waals surface area contributed by atoms with Crippen LogP contribution in [0.3, 0.4) is 0 Å². The number of aromatic amines is 1. The monoisotopic (exact) mass is 208 g/mol. The van der Waals surface area contributed by atoms with Gasteiger partial charge in [-0.05, 0) is 37.3 Å². The van der Waals surface area contributed by atoms with Crippen LogP contribution in [0.25, 0.3) is 10.6 Å². The van der Waals surface area contributed by atoms with Crippen molar-refractivity contribution >= 4 is 23.6 Å². The van der Waals surface area contributed by atoms with Gasteiger partial charge < -0.3 is 4.98 Å². The zero-order chi connectivity index (χ0) is 9.26. The van der Waals surface area contributed by atoms with Crippen LogP contribution in [0.1, 0.15) is 4.88 Å². The van der Waals surface area contributed by atoms with Crippen molar-refractivity contribution in [1.29, 1.82) is 0 Å². The summed E-state index contributed by atoms with van der Waals surface area (Å²) in [5.41, 5.74) is 1.04. The summed E-state index contributed by atoms with van der Waals surface area (Å²) in [7, 11) is 0. The van der Waals surface area contributed by atoms with E-state index in [2.05, 4.69) is 29.0 Å². The molecule has 0 radical (unpaired) electrons. The lowest BCUT2D eigenvalue weighted by atomic mass is 10.3. The van der Waals surface area contributed by atoms with Crippen molar-refractivity contribution in [2.75, 3.05) is 0 Å². The molecule has 2 rings (SSSR count). The molecule has 2 aromatic rings. The number of aromatic nitrogens is 2. The van der Waals surface area contributed by atoms with E-state index in [1.807, 2.05) is 6.07 Å². The van der Waals surface area contributed by atoms with Gasteiger partial charge in [0.05, 0.1) is 10.6 Å². The smallest absolute Gasteiger partial charge is 0.197 e. The molecule has 4 heteroatoms.